The summed E-state index contributed by atoms with van der Waals surface area (Å²) in [4.78, 5) is 63.5. The van der Waals surface area contributed by atoms with Crippen molar-refractivity contribution in [2.24, 2.45) is 0 Å². The number of rotatable bonds is 22. The predicted molar refractivity (Wildman–Crippen MR) is 234 cm³/mol. The molecule has 61 heavy (non-hydrogen) atoms. The average molecular weight is 855 g/mol. The van der Waals surface area contributed by atoms with E-state index in [1.54, 1.807) is 63.3 Å². The van der Waals surface area contributed by atoms with E-state index in [0.29, 0.717) is 30.0 Å². The predicted octanol–water partition coefficient (Wildman–Crippen LogP) is 7.80. The highest BCUT2D eigenvalue weighted by Crippen LogP contribution is 2.28. The van der Waals surface area contributed by atoms with Crippen LogP contribution in [0.15, 0.2) is 110 Å². The second kappa shape index (κ2) is 22.7. The van der Waals surface area contributed by atoms with Gasteiger partial charge < -0.3 is 30.2 Å². The summed E-state index contributed by atoms with van der Waals surface area (Å²) in [5.74, 6) is -1.54. The molecule has 0 saturated heterocycles. The maximum Gasteiger partial charge on any atom is 0.408 e. The summed E-state index contributed by atoms with van der Waals surface area (Å²) in [6.07, 6.45) is 6.47. The van der Waals surface area contributed by atoms with Gasteiger partial charge in [-0.25, -0.2) is 17.9 Å². The molecule has 16 heteroatoms. The molecule has 1 aromatic heterocycles. The molecule has 15 nitrogen and oxygen atoms in total. The summed E-state index contributed by atoms with van der Waals surface area (Å²) in [6.45, 7) is 12.4. The monoisotopic (exact) mass is 854 g/mol. The number of allylic oxidation sites excluding steroid dienone is 2. The summed E-state index contributed by atoms with van der Waals surface area (Å²) in [5.41, 5.74) is 0.0642. The topological polar surface area (TPSA) is 204 Å². The van der Waals surface area contributed by atoms with E-state index in [4.69, 9.17) is 14.2 Å². The van der Waals surface area contributed by atoms with E-state index in [2.05, 4.69) is 43.8 Å². The lowest BCUT2D eigenvalue weighted by Gasteiger charge is -2.26. The van der Waals surface area contributed by atoms with E-state index in [9.17, 15) is 27.6 Å². The van der Waals surface area contributed by atoms with E-state index in [-0.39, 0.29) is 41.6 Å². The maximum absolute atomic E-state index is 14.3. The second-order valence-electron chi connectivity index (χ2n) is 14.9. The van der Waals surface area contributed by atoms with Crippen LogP contribution in [0.4, 0.5) is 10.5 Å². The molecule has 0 aliphatic carbocycles. The number of sulfonamides is 1. The number of alkyl carbamates (subject to hydrolysis) is 1. The molecule has 4 rings (SSSR count). The van der Waals surface area contributed by atoms with E-state index in [1.165, 1.54) is 31.4 Å². The molecule has 0 unspecified atom stereocenters. The van der Waals surface area contributed by atoms with Crippen molar-refractivity contribution in [3.05, 3.63) is 121 Å². The van der Waals surface area contributed by atoms with Crippen LogP contribution in [0.5, 0.6) is 17.5 Å². The van der Waals surface area contributed by atoms with E-state index < -0.39 is 51.5 Å². The Morgan fingerprint density at radius 2 is 1.44 bits per heavy atom. The molecular weight excluding hydrogens is 801 g/mol. The van der Waals surface area contributed by atoms with Crippen molar-refractivity contribution in [1.82, 2.24) is 25.3 Å². The summed E-state index contributed by atoms with van der Waals surface area (Å²) >= 11 is 0. The molecule has 0 aliphatic rings. The van der Waals surface area contributed by atoms with Gasteiger partial charge in [0, 0.05) is 5.56 Å². The second-order valence-corrected chi connectivity index (χ2v) is 16.7. The number of para-hydroxylation sites is 1. The normalized spacial score (nSPS) is 12.2. The van der Waals surface area contributed by atoms with Crippen molar-refractivity contribution < 1.29 is 41.8 Å². The van der Waals surface area contributed by atoms with Crippen molar-refractivity contribution in [3.63, 3.8) is 0 Å². The van der Waals surface area contributed by atoms with Gasteiger partial charge in [0.05, 0.1) is 30.2 Å². The van der Waals surface area contributed by atoms with Gasteiger partial charge in [0.15, 0.2) is 5.82 Å². The van der Waals surface area contributed by atoms with Crippen LogP contribution in [0.3, 0.4) is 0 Å². The molecule has 0 spiro atoms. The standard InChI is InChI=1S/C45H54N6O9S/c1-7-9-11-12-16-24-36(47-44(55)60-45(3,4)5)42(53)50-39(43(54)46-35-23-18-17-22-34(35)41(52)51-61(56,57)29-19-10-8-2)31-25-27-33(28-26-31)59-38-30-37(58-6)48-40(49-38)32-20-14-13-15-21-32/h7-8,13-15,17-18,20-23,25-28,30,36,39H,1-2,9-12,16,19,24,29H2,3-6H3,(H,46,54)(H,47,55)(H,50,53)(H,51,52)/t36-,39-/m0/s1. The smallest absolute Gasteiger partial charge is 0.408 e. The Bertz CT molecular complexity index is 2240. The third kappa shape index (κ3) is 15.5. The van der Waals surface area contributed by atoms with Gasteiger partial charge in [-0.15, -0.1) is 13.2 Å². The Labute approximate surface area is 357 Å². The van der Waals surface area contributed by atoms with Crippen LogP contribution in [0.25, 0.3) is 11.4 Å². The number of methoxy groups -OCH3 is 1. The first-order valence-corrected chi connectivity index (χ1v) is 21.5. The van der Waals surface area contributed by atoms with Crippen LogP contribution >= 0.6 is 0 Å². The lowest BCUT2D eigenvalue weighted by Crippen LogP contribution is -2.50. The van der Waals surface area contributed by atoms with Gasteiger partial charge in [-0.3, -0.25) is 14.4 Å². The van der Waals surface area contributed by atoms with Crippen LogP contribution in [0.2, 0.25) is 0 Å². The number of aromatic nitrogens is 2. The Hall–Kier alpha value is -6.55. The average Bonchev–Trinajstić information content (AvgIpc) is 3.22. The molecule has 4 N–H and O–H groups in total. The summed E-state index contributed by atoms with van der Waals surface area (Å²) in [7, 11) is -2.53. The number of carbonyl (C=O) groups is 4. The van der Waals surface area contributed by atoms with Gasteiger partial charge in [0.1, 0.15) is 23.4 Å². The molecule has 1 heterocycles. The molecule has 4 aromatic rings. The molecule has 0 bridgehead atoms. The highest BCUT2D eigenvalue weighted by atomic mass is 32.2. The molecule has 4 amide bonds. The summed E-state index contributed by atoms with van der Waals surface area (Å²) < 4.78 is 44.3. The van der Waals surface area contributed by atoms with Crippen molar-refractivity contribution in [2.45, 2.75) is 83.4 Å². The number of hydrogen-bond acceptors (Lipinski definition) is 11. The van der Waals surface area contributed by atoms with Crippen LogP contribution in [0.1, 0.15) is 87.7 Å². The Morgan fingerprint density at radius 3 is 2.11 bits per heavy atom. The van der Waals surface area contributed by atoms with Crippen molar-refractivity contribution in [3.8, 4) is 28.9 Å². The van der Waals surface area contributed by atoms with E-state index in [0.717, 1.165) is 24.8 Å². The molecule has 0 saturated carbocycles. The highest BCUT2D eigenvalue weighted by molar-refractivity contribution is 7.90. The fourth-order valence-corrected chi connectivity index (χ4v) is 6.90. The molecule has 324 valence electrons. The number of nitrogens with zero attached hydrogens (tertiary/aromatic N) is 2. The summed E-state index contributed by atoms with van der Waals surface area (Å²) in [5, 5.41) is 8.13. The lowest BCUT2D eigenvalue weighted by atomic mass is 10.0. The first-order valence-electron chi connectivity index (χ1n) is 19.8. The minimum absolute atomic E-state index is 0.0110. The van der Waals surface area contributed by atoms with Crippen molar-refractivity contribution in [1.29, 1.82) is 0 Å². The number of amides is 4. The number of benzene rings is 3. The third-order valence-corrected chi connectivity index (χ3v) is 10.1. The minimum atomic E-state index is -4.01. The SMILES string of the molecule is C=CCCCCC[C@H](NC(=O)OC(C)(C)C)C(=O)N[C@H](C(=O)Nc1ccccc1C(=O)NS(=O)(=O)CCCC=C)c1ccc(Oc2cc(OC)nc(-c3ccccc3)n2)cc1. The van der Waals surface area contributed by atoms with Crippen LogP contribution < -0.4 is 30.1 Å². The van der Waals surface area contributed by atoms with Gasteiger partial charge in [-0.05, 0) is 82.7 Å². The largest absolute Gasteiger partial charge is 0.481 e. The Morgan fingerprint density at radius 1 is 0.787 bits per heavy atom. The molecular formula is C45H54N6O9S. The number of hydrogen-bond donors (Lipinski definition) is 4. The van der Waals surface area contributed by atoms with Crippen LogP contribution in [0, 0.1) is 0 Å². The first-order chi connectivity index (χ1) is 29.1. The quantitative estimate of drug-likeness (QED) is 0.0444. The number of carbonyl (C=O) groups excluding carboxylic acids is 4. The number of unbranched alkanes of at least 4 members (excludes halogenated alkanes) is 4. The number of ether oxygens (including phenoxy) is 3. The van der Waals surface area contributed by atoms with Gasteiger partial charge in [0.25, 0.3) is 11.8 Å². The fourth-order valence-electron chi connectivity index (χ4n) is 5.86. The van der Waals surface area contributed by atoms with Crippen molar-refractivity contribution in [2.75, 3.05) is 18.2 Å². The van der Waals surface area contributed by atoms with Crippen molar-refractivity contribution >= 4 is 39.5 Å². The highest BCUT2D eigenvalue weighted by Gasteiger charge is 2.30. The zero-order valence-electron chi connectivity index (χ0n) is 34.9. The van der Waals surface area contributed by atoms with E-state index >= 15 is 0 Å². The Kier molecular flexibility index (Phi) is 17.6. The zero-order chi connectivity index (χ0) is 44.4. The zero-order valence-corrected chi connectivity index (χ0v) is 35.8. The molecule has 2 atom stereocenters. The maximum atomic E-state index is 14.3. The number of anilines is 1. The molecule has 0 aliphatic heterocycles. The van der Waals surface area contributed by atoms with Gasteiger partial charge in [0.2, 0.25) is 27.7 Å². The lowest BCUT2D eigenvalue weighted by molar-refractivity contribution is -0.128. The van der Waals surface area contributed by atoms with Crippen LogP contribution in [-0.4, -0.2) is 66.7 Å². The number of nitrogens with one attached hydrogen (secondary N) is 4. The molecule has 0 radical (unpaired) electrons. The van der Waals surface area contributed by atoms with Gasteiger partial charge >= 0.3 is 6.09 Å². The third-order valence-electron chi connectivity index (χ3n) is 8.81. The van der Waals surface area contributed by atoms with Gasteiger partial charge in [-0.2, -0.15) is 9.97 Å². The van der Waals surface area contributed by atoms with E-state index in [1.807, 2.05) is 30.3 Å². The minimum Gasteiger partial charge on any atom is -0.481 e. The Balaban J connectivity index is 1.66. The summed E-state index contributed by atoms with van der Waals surface area (Å²) in [6, 6.07) is 20.5. The fraction of sp³-hybridized carbons (Fsp3) is 0.333. The first kappa shape index (κ1) is 47.1. The van der Waals surface area contributed by atoms with Gasteiger partial charge in [-0.1, -0.05) is 79.6 Å². The molecule has 0 fully saturated rings. The van der Waals surface area contributed by atoms with Crippen LogP contribution in [-0.2, 0) is 24.3 Å². The molecule has 3 aromatic carbocycles.